The first-order valence-electron chi connectivity index (χ1n) is 6.59. The Kier molecular flexibility index (Phi) is 5.89. The molecule has 1 heterocycles. The number of rotatable bonds is 7. The number of amides is 1. The van der Waals surface area contributed by atoms with Gasteiger partial charge in [0, 0.05) is 12.5 Å². The van der Waals surface area contributed by atoms with E-state index in [1.165, 1.54) is 12.3 Å². The summed E-state index contributed by atoms with van der Waals surface area (Å²) in [6, 6.07) is 1.30. The van der Waals surface area contributed by atoms with E-state index in [1.807, 2.05) is 0 Å². The molecule has 116 valence electrons. The number of ether oxygens (including phenoxy) is 2. The van der Waals surface area contributed by atoms with E-state index in [2.05, 4.69) is 10.5 Å². The zero-order chi connectivity index (χ0) is 15.9. The molecule has 21 heavy (non-hydrogen) atoms. The summed E-state index contributed by atoms with van der Waals surface area (Å²) < 4.78 is 14.7. The molecular formula is C13H18N2O6. The van der Waals surface area contributed by atoms with E-state index in [4.69, 9.17) is 14.0 Å². The largest absolute Gasteiger partial charge is 0.463 e. The lowest BCUT2D eigenvalue weighted by Gasteiger charge is -2.27. The average molecular weight is 298 g/mol. The molecule has 8 heteroatoms. The van der Waals surface area contributed by atoms with E-state index in [1.54, 1.807) is 20.8 Å². The monoisotopic (exact) mass is 298 g/mol. The minimum atomic E-state index is -2.18. The van der Waals surface area contributed by atoms with E-state index in [9.17, 15) is 14.4 Å². The molecule has 0 aliphatic heterocycles. The van der Waals surface area contributed by atoms with Crippen LogP contribution >= 0.6 is 0 Å². The molecule has 0 unspecified atom stereocenters. The van der Waals surface area contributed by atoms with Crippen LogP contribution in [0, 0.1) is 0 Å². The maximum atomic E-state index is 12.3. The highest BCUT2D eigenvalue weighted by Gasteiger charge is 2.55. The van der Waals surface area contributed by atoms with Crippen molar-refractivity contribution < 1.29 is 28.4 Å². The van der Waals surface area contributed by atoms with Gasteiger partial charge in [-0.15, -0.1) is 0 Å². The summed E-state index contributed by atoms with van der Waals surface area (Å²) in [4.78, 5) is 36.4. The molecule has 0 saturated heterocycles. The van der Waals surface area contributed by atoms with Crippen LogP contribution in [0.2, 0.25) is 0 Å². The second-order valence-corrected chi connectivity index (χ2v) is 3.97. The second-order valence-electron chi connectivity index (χ2n) is 3.97. The standard InChI is InChI=1S/C13H18N2O6/c1-4-10(16)15-13(11(17)19-5-2,12(18)20-6-3)9-7-8-14-21-9/h7-8H,4-6H2,1-3H3,(H,15,16). The highest BCUT2D eigenvalue weighted by molar-refractivity contribution is 6.08. The first-order valence-corrected chi connectivity index (χ1v) is 6.59. The van der Waals surface area contributed by atoms with Gasteiger partial charge in [-0.25, -0.2) is 9.59 Å². The molecule has 0 fully saturated rings. The highest BCUT2D eigenvalue weighted by Crippen LogP contribution is 2.25. The predicted octanol–water partition coefficient (Wildman–Crippen LogP) is 0.522. The van der Waals surface area contributed by atoms with E-state index in [0.29, 0.717) is 0 Å². The fraction of sp³-hybridized carbons (Fsp3) is 0.538. The molecule has 1 aromatic heterocycles. The van der Waals surface area contributed by atoms with E-state index in [-0.39, 0.29) is 25.4 Å². The Morgan fingerprint density at radius 3 is 2.14 bits per heavy atom. The normalized spacial score (nSPS) is 10.8. The van der Waals surface area contributed by atoms with Crippen LogP contribution in [0.1, 0.15) is 33.0 Å². The SMILES string of the molecule is CCOC(=O)C(NC(=O)CC)(C(=O)OCC)c1ccno1. The van der Waals surface area contributed by atoms with Gasteiger partial charge in [0.2, 0.25) is 5.91 Å². The average Bonchev–Trinajstić information content (AvgIpc) is 2.99. The fourth-order valence-corrected chi connectivity index (χ4v) is 1.63. The van der Waals surface area contributed by atoms with Crippen LogP contribution in [0.25, 0.3) is 0 Å². The number of nitrogens with zero attached hydrogens (tertiary/aromatic N) is 1. The third kappa shape index (κ3) is 3.39. The predicted molar refractivity (Wildman–Crippen MR) is 69.9 cm³/mol. The van der Waals surface area contributed by atoms with Gasteiger partial charge in [-0.2, -0.15) is 0 Å². The number of aromatic nitrogens is 1. The van der Waals surface area contributed by atoms with E-state index < -0.39 is 23.4 Å². The minimum absolute atomic E-state index is 0.0239. The van der Waals surface area contributed by atoms with Crippen molar-refractivity contribution in [2.24, 2.45) is 0 Å². The number of carbonyl (C=O) groups is 3. The van der Waals surface area contributed by atoms with Crippen molar-refractivity contribution in [3.63, 3.8) is 0 Å². The minimum Gasteiger partial charge on any atom is -0.463 e. The van der Waals surface area contributed by atoms with Crippen molar-refractivity contribution in [1.29, 1.82) is 0 Å². The maximum Gasteiger partial charge on any atom is 0.352 e. The highest BCUT2D eigenvalue weighted by atomic mass is 16.6. The summed E-state index contributed by atoms with van der Waals surface area (Å²) in [7, 11) is 0. The van der Waals surface area contributed by atoms with Crippen LogP contribution in [-0.4, -0.2) is 36.2 Å². The van der Waals surface area contributed by atoms with Gasteiger partial charge in [0.25, 0.3) is 5.54 Å². The van der Waals surface area contributed by atoms with Crippen LogP contribution in [0.3, 0.4) is 0 Å². The lowest BCUT2D eigenvalue weighted by molar-refractivity contribution is -0.170. The molecule has 1 aromatic rings. The van der Waals surface area contributed by atoms with Gasteiger partial charge in [0.05, 0.1) is 19.4 Å². The zero-order valence-corrected chi connectivity index (χ0v) is 12.2. The van der Waals surface area contributed by atoms with Gasteiger partial charge in [-0.1, -0.05) is 12.1 Å². The van der Waals surface area contributed by atoms with Gasteiger partial charge in [-0.05, 0) is 13.8 Å². The van der Waals surface area contributed by atoms with Crippen molar-refractivity contribution in [2.75, 3.05) is 13.2 Å². The van der Waals surface area contributed by atoms with Crippen LogP contribution in [0.4, 0.5) is 0 Å². The number of hydrogen-bond acceptors (Lipinski definition) is 7. The number of hydrogen-bond donors (Lipinski definition) is 1. The molecule has 0 bridgehead atoms. The Morgan fingerprint density at radius 1 is 1.19 bits per heavy atom. The number of esters is 2. The van der Waals surface area contributed by atoms with Crippen molar-refractivity contribution >= 4 is 17.8 Å². The Labute approximate surface area is 121 Å². The quantitative estimate of drug-likeness (QED) is 0.577. The number of carbonyl (C=O) groups excluding carboxylic acids is 3. The molecule has 0 radical (unpaired) electrons. The van der Waals surface area contributed by atoms with Crippen molar-refractivity contribution in [2.45, 2.75) is 32.7 Å². The second kappa shape index (κ2) is 7.41. The summed E-state index contributed by atoms with van der Waals surface area (Å²) in [5.41, 5.74) is -2.18. The summed E-state index contributed by atoms with van der Waals surface area (Å²) in [5, 5.41) is 5.79. The first-order chi connectivity index (χ1) is 10.0. The molecule has 8 nitrogen and oxygen atoms in total. The molecular weight excluding hydrogens is 280 g/mol. The lowest BCUT2D eigenvalue weighted by Crippen LogP contribution is -2.58. The molecule has 1 amide bonds. The van der Waals surface area contributed by atoms with Crippen LogP contribution in [-0.2, 0) is 29.4 Å². The third-order valence-corrected chi connectivity index (χ3v) is 2.62. The molecule has 0 atom stereocenters. The topological polar surface area (TPSA) is 108 Å². The Morgan fingerprint density at radius 2 is 1.76 bits per heavy atom. The fourth-order valence-electron chi connectivity index (χ4n) is 1.63. The Balaban J connectivity index is 3.36. The van der Waals surface area contributed by atoms with Gasteiger partial charge < -0.3 is 19.3 Å². The summed E-state index contributed by atoms with van der Waals surface area (Å²) in [6.07, 6.45) is 1.31. The van der Waals surface area contributed by atoms with E-state index >= 15 is 0 Å². The maximum absolute atomic E-state index is 12.3. The molecule has 0 aromatic carbocycles. The van der Waals surface area contributed by atoms with Gasteiger partial charge in [-0.3, -0.25) is 4.79 Å². The molecule has 0 aliphatic carbocycles. The molecule has 1 rings (SSSR count). The zero-order valence-electron chi connectivity index (χ0n) is 12.2. The van der Waals surface area contributed by atoms with E-state index in [0.717, 1.165) is 0 Å². The van der Waals surface area contributed by atoms with Crippen molar-refractivity contribution in [3.8, 4) is 0 Å². The van der Waals surface area contributed by atoms with Crippen molar-refractivity contribution in [1.82, 2.24) is 10.5 Å². The molecule has 0 spiro atoms. The van der Waals surface area contributed by atoms with Gasteiger partial charge in [0.15, 0.2) is 5.76 Å². The van der Waals surface area contributed by atoms with Crippen LogP contribution in [0.5, 0.6) is 0 Å². The molecule has 0 aliphatic rings. The number of nitrogens with one attached hydrogen (secondary N) is 1. The molecule has 0 saturated carbocycles. The summed E-state index contributed by atoms with van der Waals surface area (Å²) in [6.45, 7) is 4.79. The summed E-state index contributed by atoms with van der Waals surface area (Å²) >= 11 is 0. The summed E-state index contributed by atoms with van der Waals surface area (Å²) in [5.74, 6) is -2.67. The Hall–Kier alpha value is -2.38. The van der Waals surface area contributed by atoms with Gasteiger partial charge >= 0.3 is 11.9 Å². The third-order valence-electron chi connectivity index (χ3n) is 2.62. The van der Waals surface area contributed by atoms with Crippen molar-refractivity contribution in [3.05, 3.63) is 18.0 Å². The van der Waals surface area contributed by atoms with Crippen LogP contribution in [0.15, 0.2) is 16.8 Å². The Bertz CT molecular complexity index is 479. The smallest absolute Gasteiger partial charge is 0.352 e. The molecule has 1 N–H and O–H groups in total. The van der Waals surface area contributed by atoms with Crippen LogP contribution < -0.4 is 5.32 Å². The first kappa shape index (κ1) is 16.7. The lowest BCUT2D eigenvalue weighted by atomic mass is 9.95. The van der Waals surface area contributed by atoms with Gasteiger partial charge in [0.1, 0.15) is 0 Å².